The van der Waals surface area contributed by atoms with Crippen molar-refractivity contribution < 1.29 is 19.0 Å². The lowest BCUT2D eigenvalue weighted by Crippen LogP contribution is -2.54. The number of rotatable bonds is 3. The molecule has 5 rings (SSSR count). The summed E-state index contributed by atoms with van der Waals surface area (Å²) in [5, 5.41) is 0.967. The van der Waals surface area contributed by atoms with E-state index in [1.54, 1.807) is 4.90 Å². The van der Waals surface area contributed by atoms with Crippen LogP contribution in [0.15, 0.2) is 42.5 Å². The molecule has 0 aliphatic carbocycles. The summed E-state index contributed by atoms with van der Waals surface area (Å²) in [5.41, 5.74) is 1.64. The molecule has 1 saturated heterocycles. The summed E-state index contributed by atoms with van der Waals surface area (Å²) in [7, 11) is 0. The third-order valence-electron chi connectivity index (χ3n) is 5.62. The van der Waals surface area contributed by atoms with Crippen LogP contribution in [0, 0.1) is 0 Å². The molecule has 3 aliphatic rings. The van der Waals surface area contributed by atoms with Crippen LogP contribution < -0.4 is 24.3 Å². The lowest BCUT2D eigenvalue weighted by Gasteiger charge is -2.50. The zero-order valence-electron chi connectivity index (χ0n) is 16.8. The minimum atomic E-state index is -2.67. The summed E-state index contributed by atoms with van der Waals surface area (Å²) in [6, 6.07) is 13.6. The minimum absolute atomic E-state index is 0.0947. The van der Waals surface area contributed by atoms with Gasteiger partial charge in [-0.05, 0) is 25.1 Å². The standard InChI is InChI=1S/C21H24N3O4PS/c1-2-23-17-14-18-19(28-13-12-27-18)15-20(17)29(30,22-8-10-26-11-9-22)24(21(23)25)16-6-4-3-5-7-16/h3-7,14-15H,2,8-13H2,1H3. The number of carbonyl (C=O) groups is 1. The van der Waals surface area contributed by atoms with E-state index in [0.717, 1.165) is 16.7 Å². The first-order valence-corrected chi connectivity index (χ1v) is 12.9. The number of nitrogens with zero attached hydrogens (tertiary/aromatic N) is 3. The van der Waals surface area contributed by atoms with Gasteiger partial charge < -0.3 is 14.2 Å². The van der Waals surface area contributed by atoms with Gasteiger partial charge in [0.15, 0.2) is 11.5 Å². The fraction of sp³-hybridized carbons (Fsp3) is 0.381. The van der Waals surface area contributed by atoms with E-state index in [1.807, 2.05) is 54.1 Å². The van der Waals surface area contributed by atoms with Crippen molar-refractivity contribution in [3.8, 4) is 11.5 Å². The van der Waals surface area contributed by atoms with E-state index in [0.29, 0.717) is 57.6 Å². The molecule has 3 heterocycles. The normalized spacial score (nSPS) is 24.0. The lowest BCUT2D eigenvalue weighted by atomic mass is 10.2. The van der Waals surface area contributed by atoms with Crippen LogP contribution in [0.4, 0.5) is 16.2 Å². The third kappa shape index (κ3) is 3.02. The number of urea groups is 1. The Morgan fingerprint density at radius 3 is 2.33 bits per heavy atom. The number of anilines is 2. The van der Waals surface area contributed by atoms with Gasteiger partial charge in [-0.2, -0.15) is 0 Å². The summed E-state index contributed by atoms with van der Waals surface area (Å²) >= 11 is 6.48. The quantitative estimate of drug-likeness (QED) is 0.677. The van der Waals surface area contributed by atoms with E-state index in [-0.39, 0.29) is 6.03 Å². The monoisotopic (exact) mass is 445 g/mol. The number of para-hydroxylation sites is 1. The van der Waals surface area contributed by atoms with Crippen LogP contribution in [0.2, 0.25) is 0 Å². The van der Waals surface area contributed by atoms with Crippen molar-refractivity contribution >= 4 is 40.9 Å². The second-order valence-corrected chi connectivity index (χ2v) is 11.3. The van der Waals surface area contributed by atoms with Crippen LogP contribution in [0.5, 0.6) is 11.5 Å². The van der Waals surface area contributed by atoms with E-state index in [1.165, 1.54) is 0 Å². The maximum Gasteiger partial charge on any atom is 0.334 e. The molecular weight excluding hydrogens is 421 g/mol. The fourth-order valence-electron chi connectivity index (χ4n) is 4.20. The maximum atomic E-state index is 13.8. The van der Waals surface area contributed by atoms with E-state index in [9.17, 15) is 4.79 Å². The van der Waals surface area contributed by atoms with Crippen molar-refractivity contribution in [2.45, 2.75) is 6.92 Å². The van der Waals surface area contributed by atoms with Gasteiger partial charge in [-0.15, -0.1) is 0 Å². The molecular formula is C21H24N3O4PS. The maximum absolute atomic E-state index is 13.8. The van der Waals surface area contributed by atoms with Gasteiger partial charge in [0, 0.05) is 31.0 Å². The smallest absolute Gasteiger partial charge is 0.334 e. The van der Waals surface area contributed by atoms with Gasteiger partial charge in [-0.25, -0.2) is 9.46 Å². The molecule has 0 radical (unpaired) electrons. The lowest BCUT2D eigenvalue weighted by molar-refractivity contribution is 0.0749. The van der Waals surface area contributed by atoms with Gasteiger partial charge in [0.2, 0.25) is 0 Å². The van der Waals surface area contributed by atoms with Gasteiger partial charge in [-0.1, -0.05) is 30.0 Å². The number of benzene rings is 2. The molecule has 1 unspecified atom stereocenters. The molecule has 0 bridgehead atoms. The van der Waals surface area contributed by atoms with Gasteiger partial charge >= 0.3 is 6.03 Å². The van der Waals surface area contributed by atoms with Crippen molar-refractivity contribution in [2.75, 3.05) is 55.6 Å². The molecule has 2 amide bonds. The number of fused-ring (bicyclic) bond motifs is 2. The second kappa shape index (κ2) is 7.85. The van der Waals surface area contributed by atoms with Crippen LogP contribution in [0.1, 0.15) is 6.92 Å². The highest BCUT2D eigenvalue weighted by molar-refractivity contribution is 8.18. The molecule has 0 saturated carbocycles. The van der Waals surface area contributed by atoms with E-state index in [2.05, 4.69) is 4.67 Å². The Morgan fingerprint density at radius 1 is 1.00 bits per heavy atom. The number of hydrogen-bond donors (Lipinski definition) is 0. The molecule has 1 fully saturated rings. The average molecular weight is 445 g/mol. The van der Waals surface area contributed by atoms with Gasteiger partial charge in [0.05, 0.1) is 24.6 Å². The largest absolute Gasteiger partial charge is 0.486 e. The highest BCUT2D eigenvalue weighted by Gasteiger charge is 2.47. The predicted octanol–water partition coefficient (Wildman–Crippen LogP) is 3.19. The highest BCUT2D eigenvalue weighted by Crippen LogP contribution is 2.60. The van der Waals surface area contributed by atoms with Gasteiger partial charge in [0.25, 0.3) is 0 Å². The fourth-order valence-corrected chi connectivity index (χ4v) is 8.66. The zero-order chi connectivity index (χ0) is 20.7. The molecule has 0 spiro atoms. The molecule has 0 aromatic heterocycles. The molecule has 30 heavy (non-hydrogen) atoms. The summed E-state index contributed by atoms with van der Waals surface area (Å²) in [6.45, 7) is 6.10. The Kier molecular flexibility index (Phi) is 5.19. The minimum Gasteiger partial charge on any atom is -0.486 e. The number of carbonyl (C=O) groups excluding carboxylic acids is 1. The second-order valence-electron chi connectivity index (χ2n) is 7.27. The first-order valence-electron chi connectivity index (χ1n) is 10.2. The molecule has 9 heteroatoms. The Morgan fingerprint density at radius 2 is 1.67 bits per heavy atom. The van der Waals surface area contributed by atoms with Crippen LogP contribution in [0.25, 0.3) is 0 Å². The number of amides is 2. The van der Waals surface area contributed by atoms with Gasteiger partial charge in [0.1, 0.15) is 19.6 Å². The summed E-state index contributed by atoms with van der Waals surface area (Å²) < 4.78 is 21.4. The summed E-state index contributed by atoms with van der Waals surface area (Å²) in [6.07, 6.45) is -2.67. The predicted molar refractivity (Wildman–Crippen MR) is 121 cm³/mol. The molecule has 1 atom stereocenters. The molecule has 3 aliphatic heterocycles. The first kappa shape index (κ1) is 19.8. The van der Waals surface area contributed by atoms with Crippen LogP contribution in [-0.2, 0) is 16.5 Å². The Bertz CT molecular complexity index is 1010. The molecule has 0 N–H and O–H groups in total. The number of morpholine rings is 1. The third-order valence-corrected chi connectivity index (χ3v) is 10.5. The zero-order valence-corrected chi connectivity index (χ0v) is 18.5. The number of ether oxygens (including phenoxy) is 3. The van der Waals surface area contributed by atoms with Crippen LogP contribution in [0.3, 0.4) is 0 Å². The average Bonchev–Trinajstić information content (AvgIpc) is 2.80. The molecule has 158 valence electrons. The van der Waals surface area contributed by atoms with Crippen molar-refractivity contribution in [2.24, 2.45) is 0 Å². The molecule has 7 nitrogen and oxygen atoms in total. The summed E-state index contributed by atoms with van der Waals surface area (Å²) in [5.74, 6) is 1.36. The van der Waals surface area contributed by atoms with E-state index in [4.69, 9.17) is 26.0 Å². The Hall–Kier alpha value is -2.12. The topological polar surface area (TPSA) is 54.5 Å². The van der Waals surface area contributed by atoms with Gasteiger partial charge in [-0.3, -0.25) is 9.57 Å². The van der Waals surface area contributed by atoms with Crippen LogP contribution in [-0.4, -0.2) is 56.8 Å². The van der Waals surface area contributed by atoms with Crippen molar-refractivity contribution in [3.63, 3.8) is 0 Å². The SMILES string of the molecule is CCN1C(=O)N(c2ccccc2)P(=S)(N2CCOCC2)c2cc3c(cc21)OCCO3. The van der Waals surface area contributed by atoms with Crippen molar-refractivity contribution in [1.29, 1.82) is 0 Å². The Balaban J connectivity index is 1.76. The highest BCUT2D eigenvalue weighted by atomic mass is 32.4. The number of hydrogen-bond acceptors (Lipinski definition) is 5. The van der Waals surface area contributed by atoms with Crippen LogP contribution >= 0.6 is 6.34 Å². The first-order chi connectivity index (χ1) is 14.6. The van der Waals surface area contributed by atoms with Crippen molar-refractivity contribution in [3.05, 3.63) is 42.5 Å². The van der Waals surface area contributed by atoms with Crippen molar-refractivity contribution in [1.82, 2.24) is 4.67 Å². The van der Waals surface area contributed by atoms with E-state index >= 15 is 0 Å². The molecule has 2 aromatic carbocycles. The van der Waals surface area contributed by atoms with E-state index < -0.39 is 6.34 Å². The summed E-state index contributed by atoms with van der Waals surface area (Å²) in [4.78, 5) is 15.6. The molecule has 2 aromatic rings. The Labute approximate surface area is 181 Å².